The number of amides is 4. The highest BCUT2D eigenvalue weighted by Crippen LogP contribution is 2.25. The van der Waals surface area contributed by atoms with Crippen molar-refractivity contribution in [2.24, 2.45) is 23.7 Å². The Kier molecular flexibility index (Phi) is 18.0. The van der Waals surface area contributed by atoms with Gasteiger partial charge in [-0.25, -0.2) is 4.79 Å². The molecule has 4 N–H and O–H groups in total. The van der Waals surface area contributed by atoms with E-state index in [1.165, 1.54) is 0 Å². The summed E-state index contributed by atoms with van der Waals surface area (Å²) in [5.74, 6) is -0.282. The highest BCUT2D eigenvalue weighted by atomic mass is 16.6. The zero-order valence-electron chi connectivity index (χ0n) is 32.0. The van der Waals surface area contributed by atoms with E-state index in [4.69, 9.17) is 9.47 Å². The summed E-state index contributed by atoms with van der Waals surface area (Å²) in [7, 11) is 0. The van der Waals surface area contributed by atoms with Crippen molar-refractivity contribution < 1.29 is 33.8 Å². The standard InChI is InChI=1S/C38H65N5O7/c1-10-11-16-39-36(47)31(27(4)5)24-33(45)32(41-37(48)50-38(7,8)9)23-29(26(2)3)25-40-35(46)30-14-12-13-15-34(30)49-22-21-42-17-19-43(20-18-42)28(6)44/h12-15,26-27,29,31-33,45H,10-11,16-25H2,1-9H3,(H,39,47)(H,40,46)(H,41,48)/t29-,31+,32+,33+/m1/s1. The summed E-state index contributed by atoms with van der Waals surface area (Å²) < 4.78 is 11.6. The van der Waals surface area contributed by atoms with E-state index in [0.717, 1.165) is 25.9 Å². The number of piperazine rings is 1. The first-order valence-electron chi connectivity index (χ1n) is 18.5. The van der Waals surface area contributed by atoms with Crippen LogP contribution in [0.2, 0.25) is 0 Å². The van der Waals surface area contributed by atoms with Crippen LogP contribution in [-0.4, -0.2) is 109 Å². The molecule has 0 bridgehead atoms. The van der Waals surface area contributed by atoms with Crippen molar-refractivity contribution in [2.45, 2.75) is 106 Å². The minimum Gasteiger partial charge on any atom is -0.491 e. The van der Waals surface area contributed by atoms with E-state index in [1.54, 1.807) is 45.9 Å². The van der Waals surface area contributed by atoms with Crippen molar-refractivity contribution in [3.63, 3.8) is 0 Å². The molecule has 0 aromatic heterocycles. The summed E-state index contributed by atoms with van der Waals surface area (Å²) in [6.07, 6.45) is 0.697. The Morgan fingerprint density at radius 1 is 0.940 bits per heavy atom. The molecular formula is C38H65N5O7. The van der Waals surface area contributed by atoms with Crippen molar-refractivity contribution in [1.29, 1.82) is 0 Å². The van der Waals surface area contributed by atoms with E-state index in [0.29, 0.717) is 57.1 Å². The summed E-state index contributed by atoms with van der Waals surface area (Å²) in [4.78, 5) is 55.2. The molecule has 284 valence electrons. The quantitative estimate of drug-likeness (QED) is 0.155. The number of hydrogen-bond acceptors (Lipinski definition) is 8. The van der Waals surface area contributed by atoms with Gasteiger partial charge in [-0.3, -0.25) is 19.3 Å². The van der Waals surface area contributed by atoms with Gasteiger partial charge in [0.2, 0.25) is 11.8 Å². The maximum absolute atomic E-state index is 13.5. The van der Waals surface area contributed by atoms with Crippen LogP contribution in [0, 0.1) is 23.7 Å². The molecule has 1 aromatic rings. The van der Waals surface area contributed by atoms with Crippen LogP contribution in [0.15, 0.2) is 24.3 Å². The number of carbonyl (C=O) groups is 4. The Bertz CT molecular complexity index is 1210. The molecule has 0 unspecified atom stereocenters. The average Bonchev–Trinajstić information content (AvgIpc) is 3.04. The van der Waals surface area contributed by atoms with Crippen LogP contribution in [0.5, 0.6) is 5.75 Å². The number of ether oxygens (including phenoxy) is 2. The van der Waals surface area contributed by atoms with Crippen LogP contribution in [0.4, 0.5) is 4.79 Å². The van der Waals surface area contributed by atoms with E-state index < -0.39 is 29.8 Å². The first-order chi connectivity index (χ1) is 23.5. The van der Waals surface area contributed by atoms with E-state index >= 15 is 0 Å². The minimum atomic E-state index is -1.02. The molecule has 0 saturated carbocycles. The fourth-order valence-electron chi connectivity index (χ4n) is 5.98. The topological polar surface area (TPSA) is 150 Å². The average molecular weight is 704 g/mol. The lowest BCUT2D eigenvalue weighted by Gasteiger charge is -2.34. The van der Waals surface area contributed by atoms with Crippen molar-refractivity contribution >= 4 is 23.8 Å². The van der Waals surface area contributed by atoms with Gasteiger partial charge in [0.05, 0.1) is 17.7 Å². The van der Waals surface area contributed by atoms with Crippen molar-refractivity contribution in [3.05, 3.63) is 29.8 Å². The Labute approximate surface area is 300 Å². The second-order valence-corrected chi connectivity index (χ2v) is 15.2. The third-order valence-electron chi connectivity index (χ3n) is 9.27. The molecule has 1 saturated heterocycles. The highest BCUT2D eigenvalue weighted by molar-refractivity contribution is 5.96. The molecule has 4 amide bonds. The van der Waals surface area contributed by atoms with Crippen LogP contribution in [0.1, 0.15) is 98.4 Å². The van der Waals surface area contributed by atoms with Crippen LogP contribution in [-0.2, 0) is 14.3 Å². The van der Waals surface area contributed by atoms with Gasteiger partial charge in [-0.05, 0) is 69.9 Å². The number of rotatable bonds is 19. The Hall–Kier alpha value is -3.38. The number of nitrogens with one attached hydrogen (secondary N) is 3. The van der Waals surface area contributed by atoms with Gasteiger partial charge in [0.1, 0.15) is 18.0 Å². The molecule has 1 heterocycles. The molecule has 12 heteroatoms. The normalized spacial score (nSPS) is 16.4. The molecule has 12 nitrogen and oxygen atoms in total. The zero-order chi connectivity index (χ0) is 37.4. The molecule has 1 aliphatic heterocycles. The summed E-state index contributed by atoms with van der Waals surface area (Å²) in [5.41, 5.74) is -0.307. The van der Waals surface area contributed by atoms with Gasteiger partial charge in [-0.2, -0.15) is 0 Å². The molecule has 1 fully saturated rings. The molecule has 0 spiro atoms. The lowest BCUT2D eigenvalue weighted by molar-refractivity contribution is -0.130. The lowest BCUT2D eigenvalue weighted by atomic mass is 9.82. The van der Waals surface area contributed by atoms with Gasteiger partial charge < -0.3 is 35.4 Å². The molecule has 2 rings (SSSR count). The van der Waals surface area contributed by atoms with E-state index in [1.807, 2.05) is 38.7 Å². The number of benzene rings is 1. The van der Waals surface area contributed by atoms with Crippen molar-refractivity contribution in [1.82, 2.24) is 25.8 Å². The first kappa shape index (κ1) is 42.8. The number of alkyl carbamates (subject to hydrolysis) is 1. The van der Waals surface area contributed by atoms with Gasteiger partial charge in [-0.1, -0.05) is 53.2 Å². The van der Waals surface area contributed by atoms with Crippen molar-refractivity contribution in [2.75, 3.05) is 52.4 Å². The zero-order valence-corrected chi connectivity index (χ0v) is 32.0. The van der Waals surface area contributed by atoms with E-state index in [-0.39, 0.29) is 41.9 Å². The molecule has 1 aromatic carbocycles. The third-order valence-corrected chi connectivity index (χ3v) is 9.27. The Morgan fingerprint density at radius 3 is 2.18 bits per heavy atom. The predicted octanol–water partition coefficient (Wildman–Crippen LogP) is 4.45. The van der Waals surface area contributed by atoms with Gasteiger partial charge in [0.15, 0.2) is 0 Å². The van der Waals surface area contributed by atoms with Gasteiger partial charge >= 0.3 is 6.09 Å². The largest absolute Gasteiger partial charge is 0.491 e. The molecule has 50 heavy (non-hydrogen) atoms. The molecular weight excluding hydrogens is 638 g/mol. The summed E-state index contributed by atoms with van der Waals surface area (Å²) in [6.45, 7) is 21.9. The molecule has 0 aliphatic carbocycles. The monoisotopic (exact) mass is 703 g/mol. The number of nitrogens with zero attached hydrogens (tertiary/aromatic N) is 2. The molecule has 1 aliphatic rings. The van der Waals surface area contributed by atoms with Gasteiger partial charge in [-0.15, -0.1) is 0 Å². The highest BCUT2D eigenvalue weighted by Gasteiger charge is 2.33. The van der Waals surface area contributed by atoms with Crippen LogP contribution in [0.3, 0.4) is 0 Å². The van der Waals surface area contributed by atoms with Crippen LogP contribution >= 0.6 is 0 Å². The lowest BCUT2D eigenvalue weighted by Crippen LogP contribution is -2.49. The molecule has 0 radical (unpaired) electrons. The summed E-state index contributed by atoms with van der Waals surface area (Å²) in [5, 5.41) is 20.5. The van der Waals surface area contributed by atoms with Crippen LogP contribution < -0.4 is 20.7 Å². The Morgan fingerprint density at radius 2 is 1.60 bits per heavy atom. The van der Waals surface area contributed by atoms with E-state index in [2.05, 4.69) is 27.8 Å². The second-order valence-electron chi connectivity index (χ2n) is 15.2. The van der Waals surface area contributed by atoms with Gasteiger partial charge in [0, 0.05) is 58.7 Å². The van der Waals surface area contributed by atoms with Crippen molar-refractivity contribution in [3.8, 4) is 5.75 Å². The van der Waals surface area contributed by atoms with Crippen LogP contribution in [0.25, 0.3) is 0 Å². The number of aliphatic hydroxyl groups is 1. The smallest absolute Gasteiger partial charge is 0.407 e. The SMILES string of the molecule is CCCCNC(=O)[C@@H](C[C@H](O)[C@H](C[C@H](CNC(=O)c1ccccc1OCCN1CCN(C(C)=O)CC1)C(C)C)NC(=O)OC(C)(C)C)C(C)C. The minimum absolute atomic E-state index is 0.0205. The number of carbonyl (C=O) groups excluding carboxylic acids is 4. The maximum atomic E-state index is 13.5. The number of para-hydroxylation sites is 1. The number of unbranched alkanes of at least 4 members (excludes halogenated alkanes) is 1. The fraction of sp³-hybridized carbons (Fsp3) is 0.737. The predicted molar refractivity (Wildman–Crippen MR) is 196 cm³/mol. The summed E-state index contributed by atoms with van der Waals surface area (Å²) >= 11 is 0. The first-order valence-corrected chi connectivity index (χ1v) is 18.5. The van der Waals surface area contributed by atoms with Gasteiger partial charge in [0.25, 0.3) is 5.91 Å². The summed E-state index contributed by atoms with van der Waals surface area (Å²) in [6, 6.07) is 6.42. The maximum Gasteiger partial charge on any atom is 0.407 e. The Balaban J connectivity index is 2.11. The fourth-order valence-corrected chi connectivity index (χ4v) is 5.98. The second kappa shape index (κ2) is 21.1. The van der Waals surface area contributed by atoms with E-state index in [9.17, 15) is 24.3 Å². The third kappa shape index (κ3) is 15.2. The number of hydrogen-bond donors (Lipinski definition) is 4. The molecule has 4 atom stereocenters. The number of aliphatic hydroxyl groups excluding tert-OH is 1.